The second-order valence-corrected chi connectivity index (χ2v) is 11.1. The lowest BCUT2D eigenvalue weighted by atomic mass is 9.91. The maximum Gasteiger partial charge on any atom is 0.419 e. The van der Waals surface area contributed by atoms with Gasteiger partial charge in [0.1, 0.15) is 18.0 Å². The summed E-state index contributed by atoms with van der Waals surface area (Å²) in [5.74, 6) is -0.416. The number of rotatable bonds is 9. The van der Waals surface area contributed by atoms with Gasteiger partial charge in [-0.3, -0.25) is 5.32 Å². The summed E-state index contributed by atoms with van der Waals surface area (Å²) in [7, 11) is 0. The lowest BCUT2D eigenvalue weighted by molar-refractivity contribution is -0.139. The zero-order valence-corrected chi connectivity index (χ0v) is 23.5. The Labute approximate surface area is 226 Å². The van der Waals surface area contributed by atoms with Crippen LogP contribution in [0.1, 0.15) is 67.4 Å². The van der Waals surface area contributed by atoms with Gasteiger partial charge in [-0.1, -0.05) is 13.8 Å². The van der Waals surface area contributed by atoms with Gasteiger partial charge in [-0.2, -0.15) is 13.2 Å². The van der Waals surface area contributed by atoms with Crippen LogP contribution in [-0.4, -0.2) is 46.0 Å². The van der Waals surface area contributed by atoms with E-state index in [-0.39, 0.29) is 35.8 Å². The van der Waals surface area contributed by atoms with E-state index in [0.717, 1.165) is 6.07 Å². The first kappa shape index (κ1) is 31.6. The van der Waals surface area contributed by atoms with Crippen LogP contribution in [0.2, 0.25) is 0 Å². The Balaban J connectivity index is 2.32. The fraction of sp³-hybridized carbons (Fsp3) is 0.556. The molecule has 0 bridgehead atoms. The molecule has 216 valence electrons. The lowest BCUT2D eigenvalue weighted by Crippen LogP contribution is -2.52. The van der Waals surface area contributed by atoms with Crippen LogP contribution in [0.15, 0.2) is 30.5 Å². The van der Waals surface area contributed by atoms with Gasteiger partial charge >= 0.3 is 18.4 Å². The number of ether oxygens (including phenoxy) is 3. The molecule has 9 nitrogen and oxygen atoms in total. The summed E-state index contributed by atoms with van der Waals surface area (Å²) in [5, 5.41) is 5.10. The molecule has 0 aliphatic heterocycles. The highest BCUT2D eigenvalue weighted by Crippen LogP contribution is 2.39. The average molecular weight is 555 g/mol. The van der Waals surface area contributed by atoms with E-state index in [1.807, 2.05) is 13.8 Å². The Morgan fingerprint density at radius 3 is 2.23 bits per heavy atom. The molecule has 1 aromatic heterocycles. The second-order valence-electron chi connectivity index (χ2n) is 11.1. The largest absolute Gasteiger partial charge is 0.491 e. The van der Waals surface area contributed by atoms with Gasteiger partial charge in [-0.15, -0.1) is 0 Å². The summed E-state index contributed by atoms with van der Waals surface area (Å²) in [6.07, 6.45) is -4.85. The first-order valence-corrected chi connectivity index (χ1v) is 12.5. The highest BCUT2D eigenvalue weighted by Gasteiger charge is 2.37. The third-order valence-electron chi connectivity index (χ3n) is 5.00. The standard InChI is InChI=1S/C27H37F3N4O5/c1-16(2)14-26(8,34-24(36)39-25(5,6)7)15-37-21-10-9-18(13-19(21)27(28,29)30)20-11-12-31-22(32-20)33-23(35)38-17(3)4/h9-13,16-17H,14-15H2,1-8H3,(H,34,36)(H,31,32,33,35)/t26-/m0/s1. The van der Waals surface area contributed by atoms with Crippen molar-refractivity contribution >= 4 is 18.1 Å². The normalized spacial score (nSPS) is 13.6. The molecule has 0 spiro atoms. The number of alkyl halides is 3. The van der Waals surface area contributed by atoms with E-state index in [0.29, 0.717) is 6.42 Å². The molecule has 1 heterocycles. The van der Waals surface area contributed by atoms with E-state index in [4.69, 9.17) is 14.2 Å². The van der Waals surface area contributed by atoms with Crippen LogP contribution >= 0.6 is 0 Å². The maximum absolute atomic E-state index is 14.1. The van der Waals surface area contributed by atoms with Crippen LogP contribution < -0.4 is 15.4 Å². The summed E-state index contributed by atoms with van der Waals surface area (Å²) >= 11 is 0. The van der Waals surface area contributed by atoms with Crippen LogP contribution in [0, 0.1) is 5.92 Å². The minimum Gasteiger partial charge on any atom is -0.491 e. The summed E-state index contributed by atoms with van der Waals surface area (Å²) in [6, 6.07) is 4.95. The van der Waals surface area contributed by atoms with Crippen molar-refractivity contribution in [2.24, 2.45) is 5.92 Å². The monoisotopic (exact) mass is 554 g/mol. The zero-order valence-electron chi connectivity index (χ0n) is 23.5. The predicted octanol–water partition coefficient (Wildman–Crippen LogP) is 6.83. The molecule has 39 heavy (non-hydrogen) atoms. The van der Waals surface area contributed by atoms with Gasteiger partial charge in [0, 0.05) is 11.8 Å². The number of carbonyl (C=O) groups is 2. The van der Waals surface area contributed by atoms with Gasteiger partial charge in [0.05, 0.1) is 22.9 Å². The quantitative estimate of drug-likeness (QED) is 0.350. The average Bonchev–Trinajstić information content (AvgIpc) is 2.74. The first-order valence-electron chi connectivity index (χ1n) is 12.5. The van der Waals surface area contributed by atoms with Gasteiger partial charge in [0.25, 0.3) is 0 Å². The molecule has 2 N–H and O–H groups in total. The van der Waals surface area contributed by atoms with Crippen molar-refractivity contribution in [3.05, 3.63) is 36.0 Å². The summed E-state index contributed by atoms with van der Waals surface area (Å²) in [6.45, 7) is 13.8. The third-order valence-corrected chi connectivity index (χ3v) is 5.00. The Bertz CT molecular complexity index is 1150. The molecule has 0 fully saturated rings. The van der Waals surface area contributed by atoms with Gasteiger partial charge in [0.15, 0.2) is 0 Å². The predicted molar refractivity (Wildman–Crippen MR) is 140 cm³/mol. The molecule has 0 radical (unpaired) electrons. The van der Waals surface area contributed by atoms with Gasteiger partial charge < -0.3 is 19.5 Å². The zero-order chi connectivity index (χ0) is 29.6. The topological polar surface area (TPSA) is 112 Å². The molecule has 2 amide bonds. The second kappa shape index (κ2) is 12.5. The van der Waals surface area contributed by atoms with Crippen LogP contribution in [0.4, 0.5) is 28.7 Å². The van der Waals surface area contributed by atoms with E-state index in [2.05, 4.69) is 20.6 Å². The van der Waals surface area contributed by atoms with Gasteiger partial charge in [0.2, 0.25) is 5.95 Å². The lowest BCUT2D eigenvalue weighted by Gasteiger charge is -2.33. The van der Waals surface area contributed by atoms with Crippen molar-refractivity contribution < 1.29 is 37.0 Å². The van der Waals surface area contributed by atoms with Crippen LogP contribution in [0.5, 0.6) is 5.75 Å². The maximum atomic E-state index is 14.1. The van der Waals surface area contributed by atoms with Crippen molar-refractivity contribution in [1.29, 1.82) is 0 Å². The van der Waals surface area contributed by atoms with E-state index < -0.39 is 40.8 Å². The Hall–Kier alpha value is -3.57. The van der Waals surface area contributed by atoms with Crippen molar-refractivity contribution in [3.63, 3.8) is 0 Å². The Morgan fingerprint density at radius 2 is 1.67 bits per heavy atom. The number of anilines is 1. The molecule has 1 aromatic carbocycles. The highest BCUT2D eigenvalue weighted by molar-refractivity contribution is 5.82. The van der Waals surface area contributed by atoms with Gasteiger partial charge in [-0.05, 0) is 78.1 Å². The van der Waals surface area contributed by atoms with E-state index in [9.17, 15) is 22.8 Å². The molecule has 12 heteroatoms. The van der Waals surface area contributed by atoms with Crippen molar-refractivity contribution in [3.8, 4) is 17.0 Å². The summed E-state index contributed by atoms with van der Waals surface area (Å²) in [4.78, 5) is 32.3. The molecular weight excluding hydrogens is 517 g/mol. The highest BCUT2D eigenvalue weighted by atomic mass is 19.4. The molecule has 2 aromatic rings. The number of nitrogens with one attached hydrogen (secondary N) is 2. The Kier molecular flexibility index (Phi) is 10.2. The molecule has 0 saturated carbocycles. The number of carbonyl (C=O) groups excluding carboxylic acids is 2. The Morgan fingerprint density at radius 1 is 1.00 bits per heavy atom. The van der Waals surface area contributed by atoms with Crippen molar-refractivity contribution in [2.45, 2.75) is 85.2 Å². The summed E-state index contributed by atoms with van der Waals surface area (Å²) in [5.41, 5.74) is -2.48. The summed E-state index contributed by atoms with van der Waals surface area (Å²) < 4.78 is 58.2. The number of hydrogen-bond donors (Lipinski definition) is 2. The molecule has 0 saturated heterocycles. The fourth-order valence-electron chi connectivity index (χ4n) is 3.79. The van der Waals surface area contributed by atoms with E-state index in [1.165, 1.54) is 24.4 Å². The smallest absolute Gasteiger partial charge is 0.419 e. The van der Waals surface area contributed by atoms with Crippen molar-refractivity contribution in [1.82, 2.24) is 15.3 Å². The van der Waals surface area contributed by atoms with Crippen LogP contribution in [0.25, 0.3) is 11.3 Å². The number of halogens is 3. The number of aromatic nitrogens is 2. The van der Waals surface area contributed by atoms with Crippen LogP contribution in [-0.2, 0) is 15.7 Å². The molecule has 0 unspecified atom stereocenters. The number of alkyl carbamates (subject to hydrolysis) is 1. The SMILES string of the molecule is CC(C)C[C@@](C)(COc1ccc(-c2ccnc(NC(=O)OC(C)C)n2)cc1C(F)(F)F)NC(=O)OC(C)(C)C. The molecule has 2 rings (SSSR count). The minimum absolute atomic E-state index is 0.108. The molecule has 0 aliphatic rings. The fourth-order valence-corrected chi connectivity index (χ4v) is 3.79. The third kappa shape index (κ3) is 10.6. The molecular formula is C27H37F3N4O5. The van der Waals surface area contributed by atoms with Crippen molar-refractivity contribution in [2.75, 3.05) is 11.9 Å². The number of amides is 2. The molecule has 0 aliphatic carbocycles. The molecule has 1 atom stereocenters. The van der Waals surface area contributed by atoms with Crippen LogP contribution in [0.3, 0.4) is 0 Å². The number of nitrogens with zero attached hydrogens (tertiary/aromatic N) is 2. The number of hydrogen-bond acceptors (Lipinski definition) is 7. The minimum atomic E-state index is -4.74. The van der Waals surface area contributed by atoms with E-state index in [1.54, 1.807) is 41.5 Å². The number of benzene rings is 1. The first-order chi connectivity index (χ1) is 17.9. The van der Waals surface area contributed by atoms with Gasteiger partial charge in [-0.25, -0.2) is 19.6 Å². The van der Waals surface area contributed by atoms with E-state index >= 15 is 0 Å².